The average Bonchev–Trinajstić information content (AvgIpc) is 2.26. The molecule has 8 heteroatoms. The maximum Gasteiger partial charge on any atom is 0.246 e. The lowest BCUT2D eigenvalue weighted by molar-refractivity contribution is 0.262. The van der Waals surface area contributed by atoms with Crippen molar-refractivity contribution in [3.05, 3.63) is 28.5 Å². The van der Waals surface area contributed by atoms with E-state index >= 15 is 0 Å². The zero-order valence-corrected chi connectivity index (χ0v) is 14.4. The van der Waals surface area contributed by atoms with E-state index in [2.05, 4.69) is 21.2 Å². The second-order valence-corrected chi connectivity index (χ2v) is 7.69. The Labute approximate surface area is 133 Å². The molecule has 0 spiro atoms. The van der Waals surface area contributed by atoms with Gasteiger partial charge in [0.1, 0.15) is 10.7 Å². The van der Waals surface area contributed by atoms with Crippen molar-refractivity contribution in [3.8, 4) is 0 Å². The predicted molar refractivity (Wildman–Crippen MR) is 82.2 cm³/mol. The van der Waals surface area contributed by atoms with E-state index < -0.39 is 15.8 Å². The Bertz CT molecular complexity index is 575. The molecule has 1 saturated heterocycles. The van der Waals surface area contributed by atoms with Crippen LogP contribution in [0.3, 0.4) is 0 Å². The average molecular weight is 388 g/mol. The summed E-state index contributed by atoms with van der Waals surface area (Å²) in [6.07, 6.45) is 0. The molecule has 1 fully saturated rings. The Morgan fingerprint density at radius 1 is 1.30 bits per heavy atom. The topological polar surface area (TPSA) is 49.4 Å². The number of hydrogen-bond acceptors (Lipinski definition) is 3. The van der Waals surface area contributed by atoms with Gasteiger partial charge in [0.05, 0.1) is 0 Å². The number of nitrogens with zero attached hydrogens (tertiary/aromatic N) is 1. The van der Waals surface area contributed by atoms with Crippen molar-refractivity contribution in [2.75, 3.05) is 13.1 Å². The van der Waals surface area contributed by atoms with Crippen LogP contribution in [-0.2, 0) is 10.0 Å². The quantitative estimate of drug-likeness (QED) is 0.847. The Balaban J connectivity index is 0.00000200. The van der Waals surface area contributed by atoms with Crippen molar-refractivity contribution >= 4 is 38.4 Å². The van der Waals surface area contributed by atoms with E-state index in [0.29, 0.717) is 17.6 Å². The van der Waals surface area contributed by atoms with Crippen molar-refractivity contribution in [1.29, 1.82) is 0 Å². The van der Waals surface area contributed by atoms with E-state index in [4.69, 9.17) is 0 Å². The first kappa shape index (κ1) is 17.8. The Morgan fingerprint density at radius 3 is 2.35 bits per heavy atom. The highest BCUT2D eigenvalue weighted by atomic mass is 79.9. The molecule has 1 heterocycles. The minimum Gasteiger partial charge on any atom is -0.309 e. The molecule has 2 rings (SSSR count). The third-order valence-electron chi connectivity index (χ3n) is 3.04. The van der Waals surface area contributed by atoms with E-state index in [-0.39, 0.29) is 29.4 Å². The van der Waals surface area contributed by atoms with Crippen LogP contribution in [0.15, 0.2) is 27.6 Å². The largest absolute Gasteiger partial charge is 0.309 e. The third-order valence-corrected chi connectivity index (χ3v) is 5.39. The molecule has 1 N–H and O–H groups in total. The van der Waals surface area contributed by atoms with Gasteiger partial charge in [-0.25, -0.2) is 12.8 Å². The van der Waals surface area contributed by atoms with Crippen molar-refractivity contribution in [2.24, 2.45) is 0 Å². The van der Waals surface area contributed by atoms with Gasteiger partial charge in [-0.05, 0) is 32.0 Å². The molecule has 0 amide bonds. The summed E-state index contributed by atoms with van der Waals surface area (Å²) >= 11 is 3.12. The molecule has 1 aromatic carbocycles. The number of benzene rings is 1. The number of piperazine rings is 1. The second-order valence-electron chi connectivity index (χ2n) is 4.87. The monoisotopic (exact) mass is 386 g/mol. The van der Waals surface area contributed by atoms with Crippen LogP contribution in [0.2, 0.25) is 0 Å². The minimum atomic E-state index is -3.78. The molecule has 0 saturated carbocycles. The summed E-state index contributed by atoms with van der Waals surface area (Å²) in [5, 5.41) is 3.25. The summed E-state index contributed by atoms with van der Waals surface area (Å²) < 4.78 is 40.6. The molecule has 114 valence electrons. The van der Waals surface area contributed by atoms with Crippen molar-refractivity contribution in [2.45, 2.75) is 30.8 Å². The number of rotatable bonds is 2. The minimum absolute atomic E-state index is 0. The van der Waals surface area contributed by atoms with Gasteiger partial charge in [0, 0.05) is 29.6 Å². The summed E-state index contributed by atoms with van der Waals surface area (Å²) in [5.74, 6) is -0.729. The molecular weight excluding hydrogens is 371 g/mol. The molecular formula is C12H17BrClFN2O2S. The SMILES string of the molecule is CC1CN(S(=O)(=O)c2ccc(Br)cc2F)CC(C)N1.Cl. The summed E-state index contributed by atoms with van der Waals surface area (Å²) in [7, 11) is -3.78. The van der Waals surface area contributed by atoms with Gasteiger partial charge in [0.2, 0.25) is 10.0 Å². The summed E-state index contributed by atoms with van der Waals surface area (Å²) in [4.78, 5) is -0.267. The maximum atomic E-state index is 13.8. The van der Waals surface area contributed by atoms with E-state index in [0.717, 1.165) is 0 Å². The van der Waals surface area contributed by atoms with Crippen LogP contribution < -0.4 is 5.32 Å². The molecule has 20 heavy (non-hydrogen) atoms. The van der Waals surface area contributed by atoms with Gasteiger partial charge in [-0.2, -0.15) is 4.31 Å². The van der Waals surface area contributed by atoms with E-state index in [9.17, 15) is 12.8 Å². The summed E-state index contributed by atoms with van der Waals surface area (Å²) in [6.45, 7) is 4.52. The maximum absolute atomic E-state index is 13.8. The van der Waals surface area contributed by atoms with Crippen LogP contribution in [-0.4, -0.2) is 37.9 Å². The van der Waals surface area contributed by atoms with Crippen LogP contribution in [0.1, 0.15) is 13.8 Å². The predicted octanol–water partition coefficient (Wildman–Crippen LogP) is 2.38. The fraction of sp³-hybridized carbons (Fsp3) is 0.500. The van der Waals surface area contributed by atoms with Gasteiger partial charge >= 0.3 is 0 Å². The van der Waals surface area contributed by atoms with E-state index in [1.807, 2.05) is 13.8 Å². The molecule has 2 atom stereocenters. The van der Waals surface area contributed by atoms with Gasteiger partial charge in [-0.1, -0.05) is 15.9 Å². The van der Waals surface area contributed by atoms with Crippen LogP contribution in [0.4, 0.5) is 4.39 Å². The van der Waals surface area contributed by atoms with E-state index in [1.54, 1.807) is 0 Å². The van der Waals surface area contributed by atoms with Crippen LogP contribution in [0.5, 0.6) is 0 Å². The summed E-state index contributed by atoms with van der Waals surface area (Å²) in [5.41, 5.74) is 0. The highest BCUT2D eigenvalue weighted by Gasteiger charge is 2.32. The molecule has 0 radical (unpaired) electrons. The lowest BCUT2D eigenvalue weighted by Gasteiger charge is -2.35. The number of sulfonamides is 1. The lowest BCUT2D eigenvalue weighted by atomic mass is 10.2. The van der Waals surface area contributed by atoms with Crippen molar-refractivity contribution in [3.63, 3.8) is 0 Å². The van der Waals surface area contributed by atoms with E-state index in [1.165, 1.54) is 22.5 Å². The fourth-order valence-electron chi connectivity index (χ4n) is 2.30. The zero-order chi connectivity index (χ0) is 14.2. The molecule has 0 bridgehead atoms. The molecule has 1 aromatic rings. The Hall–Kier alpha value is -0.210. The number of halogens is 3. The number of nitrogens with one attached hydrogen (secondary N) is 1. The molecule has 1 aliphatic rings. The van der Waals surface area contributed by atoms with Gasteiger partial charge in [0.15, 0.2) is 0 Å². The fourth-order valence-corrected chi connectivity index (χ4v) is 4.29. The van der Waals surface area contributed by atoms with Gasteiger partial charge < -0.3 is 5.32 Å². The van der Waals surface area contributed by atoms with Crippen LogP contribution in [0, 0.1) is 5.82 Å². The lowest BCUT2D eigenvalue weighted by Crippen LogP contribution is -2.55. The number of hydrogen-bond donors (Lipinski definition) is 1. The molecule has 0 aromatic heterocycles. The Kier molecular flexibility index (Phi) is 5.98. The van der Waals surface area contributed by atoms with Gasteiger partial charge in [-0.3, -0.25) is 0 Å². The second kappa shape index (κ2) is 6.70. The van der Waals surface area contributed by atoms with Gasteiger partial charge in [0.25, 0.3) is 0 Å². The molecule has 1 aliphatic heterocycles. The normalized spacial score (nSPS) is 24.2. The highest BCUT2D eigenvalue weighted by Crippen LogP contribution is 2.24. The third kappa shape index (κ3) is 3.71. The molecule has 4 nitrogen and oxygen atoms in total. The van der Waals surface area contributed by atoms with Crippen LogP contribution in [0.25, 0.3) is 0 Å². The smallest absolute Gasteiger partial charge is 0.246 e. The highest BCUT2D eigenvalue weighted by molar-refractivity contribution is 9.10. The first-order valence-electron chi connectivity index (χ1n) is 6.02. The summed E-state index contributed by atoms with van der Waals surface area (Å²) in [6, 6.07) is 4.10. The van der Waals surface area contributed by atoms with Crippen molar-refractivity contribution in [1.82, 2.24) is 9.62 Å². The molecule has 2 unspecified atom stereocenters. The Morgan fingerprint density at radius 2 is 1.85 bits per heavy atom. The van der Waals surface area contributed by atoms with Crippen LogP contribution >= 0.6 is 28.3 Å². The molecule has 0 aliphatic carbocycles. The van der Waals surface area contributed by atoms with Gasteiger partial charge in [-0.15, -0.1) is 12.4 Å². The van der Waals surface area contributed by atoms with Crippen molar-refractivity contribution < 1.29 is 12.8 Å². The zero-order valence-electron chi connectivity index (χ0n) is 11.1. The first-order chi connectivity index (χ1) is 8.80. The first-order valence-corrected chi connectivity index (χ1v) is 8.25. The standard InChI is InChI=1S/C12H16BrFN2O2S.ClH/c1-8-6-16(7-9(2)15-8)19(17,18)12-4-3-10(13)5-11(12)14;/h3-5,8-9,15H,6-7H2,1-2H3;1H.